The van der Waals surface area contributed by atoms with Gasteiger partial charge in [0.15, 0.2) is 5.17 Å². The van der Waals surface area contributed by atoms with E-state index in [-0.39, 0.29) is 0 Å². The lowest BCUT2D eigenvalue weighted by Gasteiger charge is -2.05. The smallest absolute Gasteiger partial charge is 0.298 e. The minimum Gasteiger partial charge on any atom is -0.298 e. The third-order valence-corrected chi connectivity index (χ3v) is 3.22. The van der Waals surface area contributed by atoms with Gasteiger partial charge in [-0.05, 0) is 18.4 Å². The Morgan fingerprint density at radius 1 is 0.952 bits per heavy atom. The number of hydrogen-bond donors (Lipinski definition) is 1. The maximum Gasteiger partial charge on any atom is 0.298 e. The molecular weight excluding hydrogens is 284 g/mol. The summed E-state index contributed by atoms with van der Waals surface area (Å²) in [7, 11) is 0. The number of thioether (sulfide) groups is 1. The largest absolute Gasteiger partial charge is 0.298 e. The lowest BCUT2D eigenvalue weighted by molar-refractivity contribution is -0.115. The number of amidine groups is 1. The van der Waals surface area contributed by atoms with E-state index in [2.05, 4.69) is 10.3 Å². The molecule has 2 aromatic carbocycles. The highest BCUT2D eigenvalue weighted by atomic mass is 32.2. The topological polar surface area (TPSA) is 58.5 Å². The van der Waals surface area contributed by atoms with Crippen LogP contribution in [-0.4, -0.2) is 23.1 Å². The van der Waals surface area contributed by atoms with Crippen molar-refractivity contribution in [1.82, 2.24) is 5.32 Å². The normalized spacial score (nSPS) is 11.0. The first-order chi connectivity index (χ1) is 10.2. The van der Waals surface area contributed by atoms with Gasteiger partial charge in [0, 0.05) is 5.56 Å². The number of nitrogens with zero attached hydrogens (tertiary/aromatic N) is 1. The van der Waals surface area contributed by atoms with Crippen molar-refractivity contribution in [1.29, 1.82) is 0 Å². The van der Waals surface area contributed by atoms with Crippen LogP contribution in [-0.2, 0) is 4.79 Å². The summed E-state index contributed by atoms with van der Waals surface area (Å²) in [4.78, 5) is 28.2. The van der Waals surface area contributed by atoms with Gasteiger partial charge in [0.05, 0.1) is 5.69 Å². The molecule has 0 fully saturated rings. The summed E-state index contributed by atoms with van der Waals surface area (Å²) in [5.74, 6) is -1.27. The van der Waals surface area contributed by atoms with Crippen molar-refractivity contribution >= 4 is 34.3 Å². The lowest BCUT2D eigenvalue weighted by atomic mass is 10.1. The molecule has 2 rings (SSSR count). The molecule has 0 heterocycles. The summed E-state index contributed by atoms with van der Waals surface area (Å²) >= 11 is 1.27. The van der Waals surface area contributed by atoms with Gasteiger partial charge in [-0.15, -0.1) is 0 Å². The van der Waals surface area contributed by atoms with Crippen molar-refractivity contribution in [2.75, 3.05) is 6.26 Å². The number of para-hydroxylation sites is 1. The first-order valence-electron chi connectivity index (χ1n) is 6.29. The molecule has 106 valence electrons. The summed E-state index contributed by atoms with van der Waals surface area (Å²) in [6, 6.07) is 17.7. The quantitative estimate of drug-likeness (QED) is 0.410. The van der Waals surface area contributed by atoms with E-state index in [0.717, 1.165) is 0 Å². The van der Waals surface area contributed by atoms with Crippen LogP contribution < -0.4 is 5.32 Å². The third-order valence-electron chi connectivity index (χ3n) is 2.64. The molecule has 0 unspecified atom stereocenters. The highest BCUT2D eigenvalue weighted by Crippen LogP contribution is 2.12. The fourth-order valence-electron chi connectivity index (χ4n) is 1.62. The van der Waals surface area contributed by atoms with E-state index in [1.54, 1.807) is 36.6 Å². The standard InChI is InChI=1S/C16H14N2O2S/c1-21-16(17-13-10-6-3-7-11-13)18-15(20)14(19)12-8-4-2-5-9-12/h2-11H,1H3,(H,17,18,20). The average molecular weight is 298 g/mol. The maximum absolute atomic E-state index is 12.0. The fraction of sp³-hybridized carbons (Fsp3) is 0.0625. The minimum atomic E-state index is -0.690. The van der Waals surface area contributed by atoms with Crippen LogP contribution in [0.15, 0.2) is 65.7 Å². The Balaban J connectivity index is 2.10. The zero-order valence-electron chi connectivity index (χ0n) is 11.4. The van der Waals surface area contributed by atoms with E-state index in [0.29, 0.717) is 16.4 Å². The predicted molar refractivity (Wildman–Crippen MR) is 86.0 cm³/mol. The van der Waals surface area contributed by atoms with Crippen LogP contribution in [0.3, 0.4) is 0 Å². The first-order valence-corrected chi connectivity index (χ1v) is 7.51. The second-order valence-electron chi connectivity index (χ2n) is 4.11. The number of carbonyl (C=O) groups is 2. The molecule has 0 radical (unpaired) electrons. The molecule has 0 aliphatic heterocycles. The van der Waals surface area contributed by atoms with E-state index in [1.807, 2.05) is 30.3 Å². The second kappa shape index (κ2) is 7.40. The van der Waals surface area contributed by atoms with Crippen LogP contribution >= 0.6 is 11.8 Å². The Kier molecular flexibility index (Phi) is 5.29. The first kappa shape index (κ1) is 15.0. The van der Waals surface area contributed by atoms with Gasteiger partial charge >= 0.3 is 0 Å². The summed E-state index contributed by atoms with van der Waals surface area (Å²) in [6.45, 7) is 0. The molecule has 0 aliphatic carbocycles. The van der Waals surface area contributed by atoms with Crippen LogP contribution in [0, 0.1) is 0 Å². The average Bonchev–Trinajstić information content (AvgIpc) is 2.55. The molecule has 0 bridgehead atoms. The van der Waals surface area contributed by atoms with Crippen molar-refractivity contribution in [2.24, 2.45) is 4.99 Å². The summed E-state index contributed by atoms with van der Waals surface area (Å²) in [6.07, 6.45) is 1.79. The summed E-state index contributed by atoms with van der Waals surface area (Å²) < 4.78 is 0. The maximum atomic E-state index is 12.0. The molecular formula is C16H14N2O2S. The summed E-state index contributed by atoms with van der Waals surface area (Å²) in [5, 5.41) is 2.92. The Labute approximate surface area is 127 Å². The van der Waals surface area contributed by atoms with Gasteiger partial charge in [-0.25, -0.2) is 4.99 Å². The van der Waals surface area contributed by atoms with Gasteiger partial charge in [0.25, 0.3) is 11.7 Å². The molecule has 0 saturated heterocycles. The lowest BCUT2D eigenvalue weighted by Crippen LogP contribution is -2.34. The number of amides is 1. The molecule has 2 aromatic rings. The van der Waals surface area contributed by atoms with E-state index >= 15 is 0 Å². The Morgan fingerprint density at radius 3 is 2.10 bits per heavy atom. The summed E-state index contributed by atoms with van der Waals surface area (Å²) in [5.41, 5.74) is 1.07. The Morgan fingerprint density at radius 2 is 1.52 bits per heavy atom. The van der Waals surface area contributed by atoms with Crippen LogP contribution in [0.5, 0.6) is 0 Å². The van der Waals surface area contributed by atoms with Gasteiger partial charge in [-0.3, -0.25) is 14.9 Å². The van der Waals surface area contributed by atoms with E-state index in [9.17, 15) is 9.59 Å². The number of hydrogen-bond acceptors (Lipinski definition) is 4. The molecule has 0 aliphatic rings. The molecule has 1 N–H and O–H groups in total. The van der Waals surface area contributed by atoms with Crippen LogP contribution in [0.2, 0.25) is 0 Å². The number of ketones is 1. The SMILES string of the molecule is CSC(=Nc1ccccc1)NC(=O)C(=O)c1ccccc1. The van der Waals surface area contributed by atoms with E-state index in [1.165, 1.54) is 11.8 Å². The van der Waals surface area contributed by atoms with Crippen LogP contribution in [0.4, 0.5) is 5.69 Å². The van der Waals surface area contributed by atoms with Gasteiger partial charge < -0.3 is 0 Å². The fourth-order valence-corrected chi connectivity index (χ4v) is 2.01. The van der Waals surface area contributed by atoms with E-state index in [4.69, 9.17) is 0 Å². The molecule has 5 heteroatoms. The molecule has 0 atom stereocenters. The van der Waals surface area contributed by atoms with Gasteiger partial charge in [0.2, 0.25) is 0 Å². The molecule has 1 amide bonds. The van der Waals surface area contributed by atoms with Crippen molar-refractivity contribution in [2.45, 2.75) is 0 Å². The third kappa shape index (κ3) is 4.29. The highest BCUT2D eigenvalue weighted by Gasteiger charge is 2.17. The van der Waals surface area contributed by atoms with Crippen molar-refractivity contribution < 1.29 is 9.59 Å². The number of benzene rings is 2. The monoisotopic (exact) mass is 298 g/mol. The highest BCUT2D eigenvalue weighted by molar-refractivity contribution is 8.13. The number of Topliss-reactive ketones (excluding diaryl/α,β-unsaturated/α-hetero) is 1. The van der Waals surface area contributed by atoms with Crippen LogP contribution in [0.1, 0.15) is 10.4 Å². The number of rotatable bonds is 3. The van der Waals surface area contributed by atoms with Crippen LogP contribution in [0.25, 0.3) is 0 Å². The second-order valence-corrected chi connectivity index (χ2v) is 4.90. The minimum absolute atomic E-state index is 0.357. The molecule has 21 heavy (non-hydrogen) atoms. The van der Waals surface area contributed by atoms with Crippen molar-refractivity contribution in [3.63, 3.8) is 0 Å². The molecule has 0 aromatic heterocycles. The predicted octanol–water partition coefficient (Wildman–Crippen LogP) is 3.04. The number of carbonyl (C=O) groups excluding carboxylic acids is 2. The Bertz CT molecular complexity index is 654. The van der Waals surface area contributed by atoms with E-state index < -0.39 is 11.7 Å². The van der Waals surface area contributed by atoms with Gasteiger partial charge in [-0.2, -0.15) is 0 Å². The van der Waals surface area contributed by atoms with Crippen molar-refractivity contribution in [3.8, 4) is 0 Å². The molecule has 0 saturated carbocycles. The molecule has 0 spiro atoms. The number of aliphatic imine (C=N–C) groups is 1. The number of nitrogens with one attached hydrogen (secondary N) is 1. The molecule has 4 nitrogen and oxygen atoms in total. The van der Waals surface area contributed by atoms with Crippen molar-refractivity contribution in [3.05, 3.63) is 66.2 Å². The van der Waals surface area contributed by atoms with Gasteiger partial charge in [0.1, 0.15) is 0 Å². The van der Waals surface area contributed by atoms with Gasteiger partial charge in [-0.1, -0.05) is 60.3 Å². The zero-order chi connectivity index (χ0) is 15.1. The zero-order valence-corrected chi connectivity index (χ0v) is 12.3. The Hall–Kier alpha value is -2.40.